The van der Waals surface area contributed by atoms with Crippen molar-refractivity contribution >= 4 is 5.91 Å². The second-order valence-electron chi connectivity index (χ2n) is 5.30. The van der Waals surface area contributed by atoms with E-state index in [-0.39, 0.29) is 18.1 Å². The number of carbonyl (C=O) groups is 1. The lowest BCUT2D eigenvalue weighted by molar-refractivity contribution is -0.128. The van der Waals surface area contributed by atoms with Gasteiger partial charge in [-0.25, -0.2) is 0 Å². The number of rotatable bonds is 4. The fraction of sp³-hybridized carbons (Fsp3) is 0.917. The molecule has 0 saturated heterocycles. The van der Waals surface area contributed by atoms with Crippen LogP contribution in [-0.4, -0.2) is 36.8 Å². The van der Waals surface area contributed by atoms with Crippen LogP contribution in [0.5, 0.6) is 0 Å². The number of hydrogen-bond acceptors (Lipinski definition) is 3. The summed E-state index contributed by atoms with van der Waals surface area (Å²) in [6.45, 7) is 4.43. The molecule has 0 heterocycles. The Morgan fingerprint density at radius 2 is 2.00 bits per heavy atom. The van der Waals surface area contributed by atoms with Crippen LogP contribution in [0.2, 0.25) is 0 Å². The largest absolute Gasteiger partial charge is 0.392 e. The van der Waals surface area contributed by atoms with Gasteiger partial charge in [0.25, 0.3) is 0 Å². The van der Waals surface area contributed by atoms with Crippen LogP contribution >= 0.6 is 0 Å². The van der Waals surface area contributed by atoms with Gasteiger partial charge in [-0.2, -0.15) is 0 Å². The Kier molecular flexibility index (Phi) is 4.74. The number of aliphatic hydroxyl groups is 1. The highest BCUT2D eigenvalue weighted by molar-refractivity contribution is 5.81. The summed E-state index contributed by atoms with van der Waals surface area (Å²) in [4.78, 5) is 11.6. The van der Waals surface area contributed by atoms with Gasteiger partial charge in [-0.3, -0.25) is 4.79 Å². The Labute approximate surface area is 97.8 Å². The van der Waals surface area contributed by atoms with Crippen LogP contribution in [0.1, 0.15) is 39.5 Å². The summed E-state index contributed by atoms with van der Waals surface area (Å²) in [6.07, 6.45) is 3.89. The average molecular weight is 228 g/mol. The summed E-state index contributed by atoms with van der Waals surface area (Å²) in [5.41, 5.74) is -0.425. The minimum Gasteiger partial charge on any atom is -0.392 e. The zero-order chi connectivity index (χ0) is 12.2. The van der Waals surface area contributed by atoms with Gasteiger partial charge < -0.3 is 15.7 Å². The van der Waals surface area contributed by atoms with Crippen molar-refractivity contribution in [2.75, 3.05) is 13.6 Å². The van der Waals surface area contributed by atoms with Crippen molar-refractivity contribution in [3.05, 3.63) is 0 Å². The zero-order valence-corrected chi connectivity index (χ0v) is 10.5. The third kappa shape index (κ3) is 3.46. The molecule has 2 atom stereocenters. The molecular weight excluding hydrogens is 204 g/mol. The molecule has 94 valence electrons. The first kappa shape index (κ1) is 13.5. The molecule has 3 N–H and O–H groups in total. The average Bonchev–Trinajstić information content (AvgIpc) is 2.27. The summed E-state index contributed by atoms with van der Waals surface area (Å²) in [5, 5.41) is 15.8. The van der Waals surface area contributed by atoms with E-state index in [1.54, 1.807) is 7.05 Å². The molecule has 0 aromatic heterocycles. The fourth-order valence-electron chi connectivity index (χ4n) is 2.15. The minimum atomic E-state index is -0.425. The van der Waals surface area contributed by atoms with Crippen molar-refractivity contribution in [1.82, 2.24) is 10.6 Å². The first-order valence-corrected chi connectivity index (χ1v) is 6.11. The molecule has 1 fully saturated rings. The summed E-state index contributed by atoms with van der Waals surface area (Å²) in [5.74, 6) is 0.0327. The highest BCUT2D eigenvalue weighted by atomic mass is 16.3. The molecule has 0 spiro atoms. The molecular formula is C12H24N2O2. The van der Waals surface area contributed by atoms with E-state index < -0.39 is 5.41 Å². The van der Waals surface area contributed by atoms with Gasteiger partial charge in [-0.15, -0.1) is 0 Å². The highest BCUT2D eigenvalue weighted by Gasteiger charge is 2.29. The maximum Gasteiger partial charge on any atom is 0.226 e. The van der Waals surface area contributed by atoms with Gasteiger partial charge in [0, 0.05) is 19.6 Å². The summed E-state index contributed by atoms with van der Waals surface area (Å²) < 4.78 is 0. The monoisotopic (exact) mass is 228 g/mol. The van der Waals surface area contributed by atoms with E-state index >= 15 is 0 Å². The first-order chi connectivity index (χ1) is 7.47. The second-order valence-corrected chi connectivity index (χ2v) is 5.30. The number of amides is 1. The van der Waals surface area contributed by atoms with E-state index in [4.69, 9.17) is 0 Å². The van der Waals surface area contributed by atoms with E-state index in [0.717, 1.165) is 25.7 Å². The highest BCUT2D eigenvalue weighted by Crippen LogP contribution is 2.20. The van der Waals surface area contributed by atoms with Gasteiger partial charge in [-0.1, -0.05) is 12.8 Å². The minimum absolute atomic E-state index is 0.0327. The van der Waals surface area contributed by atoms with Crippen LogP contribution in [0.4, 0.5) is 0 Å². The van der Waals surface area contributed by atoms with Crippen molar-refractivity contribution in [3.8, 4) is 0 Å². The Bertz CT molecular complexity index is 241. The molecule has 0 aromatic carbocycles. The van der Waals surface area contributed by atoms with Crippen LogP contribution in [0.25, 0.3) is 0 Å². The predicted octanol–water partition coefficient (Wildman–Crippen LogP) is 0.652. The quantitative estimate of drug-likeness (QED) is 0.662. The van der Waals surface area contributed by atoms with Gasteiger partial charge in [0.2, 0.25) is 5.91 Å². The van der Waals surface area contributed by atoms with E-state index in [0.29, 0.717) is 6.54 Å². The van der Waals surface area contributed by atoms with Crippen LogP contribution in [-0.2, 0) is 4.79 Å². The van der Waals surface area contributed by atoms with Gasteiger partial charge >= 0.3 is 0 Å². The third-order valence-electron chi connectivity index (χ3n) is 3.38. The summed E-state index contributed by atoms with van der Waals surface area (Å²) in [6, 6.07) is 0.151. The smallest absolute Gasteiger partial charge is 0.226 e. The Balaban J connectivity index is 2.40. The van der Waals surface area contributed by atoms with Crippen molar-refractivity contribution in [2.45, 2.75) is 51.7 Å². The molecule has 16 heavy (non-hydrogen) atoms. The van der Waals surface area contributed by atoms with Crippen molar-refractivity contribution in [1.29, 1.82) is 0 Å². The Hall–Kier alpha value is -0.610. The van der Waals surface area contributed by atoms with E-state index in [9.17, 15) is 9.90 Å². The van der Waals surface area contributed by atoms with E-state index in [1.807, 2.05) is 13.8 Å². The molecule has 0 radical (unpaired) electrons. The lowest BCUT2D eigenvalue weighted by Gasteiger charge is -2.32. The molecule has 1 amide bonds. The van der Waals surface area contributed by atoms with Gasteiger partial charge in [0.05, 0.1) is 11.5 Å². The molecule has 0 aromatic rings. The van der Waals surface area contributed by atoms with Crippen LogP contribution < -0.4 is 10.6 Å². The van der Waals surface area contributed by atoms with Gasteiger partial charge in [0.15, 0.2) is 0 Å². The topological polar surface area (TPSA) is 61.4 Å². The lowest BCUT2D eigenvalue weighted by atomic mass is 9.89. The zero-order valence-electron chi connectivity index (χ0n) is 10.5. The summed E-state index contributed by atoms with van der Waals surface area (Å²) in [7, 11) is 1.65. The normalized spacial score (nSPS) is 26.5. The number of hydrogen-bond donors (Lipinski definition) is 3. The molecule has 0 bridgehead atoms. The van der Waals surface area contributed by atoms with Crippen molar-refractivity contribution < 1.29 is 9.90 Å². The maximum atomic E-state index is 11.6. The van der Waals surface area contributed by atoms with E-state index in [2.05, 4.69) is 10.6 Å². The number of aliphatic hydroxyl groups excluding tert-OH is 1. The lowest BCUT2D eigenvalue weighted by Crippen LogP contribution is -2.49. The Morgan fingerprint density at radius 1 is 1.38 bits per heavy atom. The summed E-state index contributed by atoms with van der Waals surface area (Å²) >= 11 is 0. The SMILES string of the molecule is CNC(=O)C(C)(C)CN[C@H]1CCCC[C@@H]1O. The fourth-order valence-corrected chi connectivity index (χ4v) is 2.15. The molecule has 0 unspecified atom stereocenters. The van der Waals surface area contributed by atoms with Crippen LogP contribution in [0.15, 0.2) is 0 Å². The van der Waals surface area contributed by atoms with Crippen LogP contribution in [0.3, 0.4) is 0 Å². The molecule has 1 aliphatic carbocycles. The molecule has 4 nitrogen and oxygen atoms in total. The molecule has 1 aliphatic rings. The molecule has 1 saturated carbocycles. The van der Waals surface area contributed by atoms with Crippen molar-refractivity contribution in [2.24, 2.45) is 5.41 Å². The molecule has 0 aliphatic heterocycles. The predicted molar refractivity (Wildman–Crippen MR) is 64.1 cm³/mol. The van der Waals surface area contributed by atoms with Crippen molar-refractivity contribution in [3.63, 3.8) is 0 Å². The maximum absolute atomic E-state index is 11.6. The molecule has 4 heteroatoms. The second kappa shape index (κ2) is 5.64. The Morgan fingerprint density at radius 3 is 2.56 bits per heavy atom. The number of nitrogens with one attached hydrogen (secondary N) is 2. The standard InChI is InChI=1S/C12H24N2O2/c1-12(2,11(16)13-3)8-14-9-6-4-5-7-10(9)15/h9-10,14-15H,4-8H2,1-3H3,(H,13,16)/t9-,10-/m0/s1. The van der Waals surface area contributed by atoms with Gasteiger partial charge in [0.1, 0.15) is 0 Å². The molecule has 1 rings (SSSR count). The number of carbonyl (C=O) groups excluding carboxylic acids is 1. The van der Waals surface area contributed by atoms with Crippen LogP contribution in [0, 0.1) is 5.41 Å². The third-order valence-corrected chi connectivity index (χ3v) is 3.38. The van der Waals surface area contributed by atoms with E-state index in [1.165, 1.54) is 0 Å². The first-order valence-electron chi connectivity index (χ1n) is 6.11. The van der Waals surface area contributed by atoms with Gasteiger partial charge in [-0.05, 0) is 26.7 Å².